The Hall–Kier alpha value is -7.83. The number of para-hydroxylation sites is 4. The van der Waals surface area contributed by atoms with Gasteiger partial charge in [-0.1, -0.05) is 115 Å². The lowest BCUT2D eigenvalue weighted by molar-refractivity contribution is 0.601. The number of nitrogens with zero attached hydrogens (tertiary/aromatic N) is 4. The summed E-state index contributed by atoms with van der Waals surface area (Å²) in [4.78, 5) is 5.67. The molecule has 1 aliphatic heterocycles. The SMILES string of the molecule is c1ccc(-n2c3cccc4c5ccccc5c5cccc6c5c5c(c43)c2ccc5n6C2Nc3oc4ccccc4c3N=C2n2c3ccccc3c3ccccc32)cc1. The van der Waals surface area contributed by atoms with Gasteiger partial charge in [-0.2, -0.15) is 0 Å². The van der Waals surface area contributed by atoms with Crippen LogP contribution in [0.15, 0.2) is 185 Å². The van der Waals surface area contributed by atoms with Crippen LogP contribution in [0.5, 0.6) is 0 Å². The van der Waals surface area contributed by atoms with Crippen LogP contribution in [0.4, 0.5) is 11.6 Å². The summed E-state index contributed by atoms with van der Waals surface area (Å²) in [5.41, 5.74) is 9.60. The molecule has 4 aromatic heterocycles. The summed E-state index contributed by atoms with van der Waals surface area (Å²) in [5.74, 6) is 1.55. The first-order valence-electron chi connectivity index (χ1n) is 19.8. The van der Waals surface area contributed by atoms with E-state index in [2.05, 4.69) is 183 Å². The van der Waals surface area contributed by atoms with Gasteiger partial charge in [0.25, 0.3) is 0 Å². The zero-order valence-electron chi connectivity index (χ0n) is 31.0. The number of nitrogens with one attached hydrogen (secondary N) is 1. The molecule has 1 N–H and O–H groups in total. The molecule has 0 amide bonds. The number of hydrogen-bond acceptors (Lipinski definition) is 3. The number of hydrogen-bond donors (Lipinski definition) is 1. The lowest BCUT2D eigenvalue weighted by atomic mass is 9.95. The summed E-state index contributed by atoms with van der Waals surface area (Å²) in [6, 6.07) is 63.5. The van der Waals surface area contributed by atoms with Crippen molar-refractivity contribution >= 4 is 115 Å². The van der Waals surface area contributed by atoms with Gasteiger partial charge in [0.2, 0.25) is 5.88 Å². The van der Waals surface area contributed by atoms with Crippen LogP contribution < -0.4 is 5.32 Å². The molecule has 0 saturated carbocycles. The van der Waals surface area contributed by atoms with E-state index in [4.69, 9.17) is 9.41 Å². The van der Waals surface area contributed by atoms with Gasteiger partial charge in [0.05, 0.1) is 33.1 Å². The van der Waals surface area contributed by atoms with Crippen LogP contribution >= 0.6 is 0 Å². The van der Waals surface area contributed by atoms with Crippen LogP contribution in [0.25, 0.3) is 104 Å². The molecule has 0 saturated heterocycles. The molecule has 58 heavy (non-hydrogen) atoms. The number of benzene rings is 8. The molecule has 1 aliphatic rings. The molecule has 0 fully saturated rings. The Kier molecular flexibility index (Phi) is 5.73. The number of rotatable bonds is 2. The van der Waals surface area contributed by atoms with Gasteiger partial charge in [0.15, 0.2) is 12.0 Å². The standard InChI is InChI=1S/C52H31N5O/c1-2-14-30(15-3-1)55-40-25-12-21-35-31-16-4-5-17-32(31)36-22-13-26-41-46(36)48-43(29-28-42(55)47(48)45(35)40)57(41)51-50(53-49-37-20-8-11-27-44(37)58-52(49)54-51)56-38-23-9-6-18-33(38)34-19-7-10-24-39(34)56/h1-29,51,54H. The molecule has 270 valence electrons. The quantitative estimate of drug-likeness (QED) is 0.192. The minimum absolute atomic E-state index is 0.446. The van der Waals surface area contributed by atoms with Crippen molar-refractivity contribution in [1.29, 1.82) is 0 Å². The normalized spacial score (nSPS) is 14.6. The first-order chi connectivity index (χ1) is 28.8. The molecule has 1 unspecified atom stereocenters. The second kappa shape index (κ2) is 10.9. The van der Waals surface area contributed by atoms with Crippen LogP contribution in [-0.4, -0.2) is 19.5 Å². The molecule has 1 atom stereocenters. The smallest absolute Gasteiger partial charge is 0.222 e. The molecule has 6 nitrogen and oxygen atoms in total. The van der Waals surface area contributed by atoms with Crippen LogP contribution in [0, 0.1) is 0 Å². The van der Waals surface area contributed by atoms with E-state index in [9.17, 15) is 0 Å². The molecule has 0 aliphatic carbocycles. The Balaban J connectivity index is 1.19. The largest absolute Gasteiger partial charge is 0.438 e. The highest BCUT2D eigenvalue weighted by Crippen LogP contribution is 2.50. The molecule has 5 heterocycles. The zero-order chi connectivity index (χ0) is 37.6. The minimum Gasteiger partial charge on any atom is -0.438 e. The highest BCUT2D eigenvalue weighted by atomic mass is 16.4. The fourth-order valence-corrected chi connectivity index (χ4v) is 10.4. The van der Waals surface area contributed by atoms with Gasteiger partial charge in [-0.3, -0.25) is 4.57 Å². The van der Waals surface area contributed by atoms with E-state index in [1.807, 2.05) is 12.1 Å². The van der Waals surface area contributed by atoms with Crippen molar-refractivity contribution in [2.75, 3.05) is 5.32 Å². The highest BCUT2D eigenvalue weighted by molar-refractivity contribution is 6.39. The Bertz CT molecular complexity index is 3840. The third kappa shape index (κ3) is 3.75. The van der Waals surface area contributed by atoms with Crippen LogP contribution in [0.1, 0.15) is 6.17 Å². The van der Waals surface area contributed by atoms with Gasteiger partial charge < -0.3 is 18.9 Å². The van der Waals surface area contributed by atoms with Gasteiger partial charge in [-0.05, 0) is 82.2 Å². The lowest BCUT2D eigenvalue weighted by Gasteiger charge is -2.29. The average molecular weight is 742 g/mol. The monoisotopic (exact) mass is 741 g/mol. The maximum atomic E-state index is 6.62. The topological polar surface area (TPSA) is 52.3 Å². The fourth-order valence-electron chi connectivity index (χ4n) is 10.4. The predicted molar refractivity (Wildman–Crippen MR) is 241 cm³/mol. The second-order valence-electron chi connectivity index (χ2n) is 15.5. The van der Waals surface area contributed by atoms with Gasteiger partial charge in [-0.25, -0.2) is 4.99 Å². The molecule has 9 aromatic carbocycles. The van der Waals surface area contributed by atoms with E-state index in [0.29, 0.717) is 5.88 Å². The van der Waals surface area contributed by atoms with Crippen molar-refractivity contribution in [1.82, 2.24) is 13.7 Å². The molecular weight excluding hydrogens is 711 g/mol. The van der Waals surface area contributed by atoms with E-state index in [-0.39, 0.29) is 0 Å². The fraction of sp³-hybridized carbons (Fsp3) is 0.0192. The molecule has 6 heteroatoms. The second-order valence-corrected chi connectivity index (χ2v) is 15.5. The molecule has 0 spiro atoms. The van der Waals surface area contributed by atoms with Crippen LogP contribution in [-0.2, 0) is 0 Å². The third-order valence-corrected chi connectivity index (χ3v) is 12.6. The third-order valence-electron chi connectivity index (χ3n) is 12.6. The van der Waals surface area contributed by atoms with E-state index < -0.39 is 6.17 Å². The van der Waals surface area contributed by atoms with E-state index in [0.717, 1.165) is 50.2 Å². The molecular formula is C52H31N5O. The predicted octanol–water partition coefficient (Wildman–Crippen LogP) is 13.7. The Morgan fingerprint density at radius 3 is 1.62 bits per heavy atom. The summed E-state index contributed by atoms with van der Waals surface area (Å²) < 4.78 is 13.9. The Morgan fingerprint density at radius 2 is 0.897 bits per heavy atom. The minimum atomic E-state index is -0.446. The average Bonchev–Trinajstić information content (AvgIpc) is 4.01. The number of aromatic nitrogens is 3. The summed E-state index contributed by atoms with van der Waals surface area (Å²) in [6.45, 7) is 0. The van der Waals surface area contributed by atoms with Crippen LogP contribution in [0.2, 0.25) is 0 Å². The van der Waals surface area contributed by atoms with Crippen molar-refractivity contribution in [2.45, 2.75) is 6.17 Å². The maximum absolute atomic E-state index is 6.62. The Morgan fingerprint density at radius 1 is 0.397 bits per heavy atom. The van der Waals surface area contributed by atoms with Crippen molar-refractivity contribution in [3.05, 3.63) is 176 Å². The number of aliphatic imine (C=N–C) groups is 1. The van der Waals surface area contributed by atoms with Gasteiger partial charge in [0, 0.05) is 43.4 Å². The zero-order valence-corrected chi connectivity index (χ0v) is 31.0. The highest BCUT2D eigenvalue weighted by Gasteiger charge is 2.34. The Labute approximate surface area is 330 Å². The van der Waals surface area contributed by atoms with Crippen LogP contribution in [0.3, 0.4) is 0 Å². The summed E-state index contributed by atoms with van der Waals surface area (Å²) in [5, 5.41) is 17.2. The molecule has 0 radical (unpaired) electrons. The first kappa shape index (κ1) is 30.4. The summed E-state index contributed by atoms with van der Waals surface area (Å²) >= 11 is 0. The summed E-state index contributed by atoms with van der Waals surface area (Å²) in [6.07, 6.45) is -0.446. The summed E-state index contributed by atoms with van der Waals surface area (Å²) in [7, 11) is 0. The first-order valence-corrected chi connectivity index (χ1v) is 19.8. The van der Waals surface area contributed by atoms with Crippen molar-refractivity contribution in [3.63, 3.8) is 0 Å². The van der Waals surface area contributed by atoms with E-state index in [1.165, 1.54) is 64.9 Å². The molecule has 13 aromatic rings. The van der Waals surface area contributed by atoms with Gasteiger partial charge >= 0.3 is 0 Å². The van der Waals surface area contributed by atoms with Gasteiger partial charge in [0.1, 0.15) is 11.3 Å². The van der Waals surface area contributed by atoms with Crippen molar-refractivity contribution in [2.24, 2.45) is 4.99 Å². The van der Waals surface area contributed by atoms with Gasteiger partial charge in [-0.15, -0.1) is 0 Å². The van der Waals surface area contributed by atoms with Crippen molar-refractivity contribution in [3.8, 4) is 5.69 Å². The lowest BCUT2D eigenvalue weighted by Crippen LogP contribution is -2.33. The van der Waals surface area contributed by atoms with E-state index >= 15 is 0 Å². The van der Waals surface area contributed by atoms with E-state index in [1.54, 1.807) is 0 Å². The molecule has 0 bridgehead atoms. The number of fused-ring (bicyclic) bond motifs is 9. The number of anilines is 1. The number of furan rings is 1. The maximum Gasteiger partial charge on any atom is 0.222 e. The van der Waals surface area contributed by atoms with Crippen molar-refractivity contribution < 1.29 is 4.42 Å². The molecule has 14 rings (SSSR count).